The van der Waals surface area contributed by atoms with Crippen molar-refractivity contribution in [1.82, 2.24) is 4.98 Å². The molecule has 1 atom stereocenters. The van der Waals surface area contributed by atoms with Gasteiger partial charge in [-0.1, -0.05) is 15.9 Å². The van der Waals surface area contributed by atoms with E-state index in [9.17, 15) is 18.0 Å². The zero-order chi connectivity index (χ0) is 14.2. The molecule has 0 aliphatic carbocycles. The number of hydrogen-bond acceptors (Lipinski definition) is 2. The fourth-order valence-corrected chi connectivity index (χ4v) is 2.71. The maximum atomic E-state index is 13.0. The van der Waals surface area contributed by atoms with Crippen LogP contribution in [0.5, 0.6) is 0 Å². The van der Waals surface area contributed by atoms with Crippen molar-refractivity contribution >= 4 is 43.6 Å². The van der Waals surface area contributed by atoms with Gasteiger partial charge in [0.1, 0.15) is 5.82 Å². The Morgan fingerprint density at radius 1 is 1.47 bits per heavy atom. The molecule has 1 aliphatic heterocycles. The number of carbonyl (C=O) groups is 1. The number of rotatable bonds is 2. The van der Waals surface area contributed by atoms with Gasteiger partial charge in [0, 0.05) is 29.0 Å². The van der Waals surface area contributed by atoms with Crippen molar-refractivity contribution in [2.45, 2.75) is 12.6 Å². The molecule has 8 heteroatoms. The lowest BCUT2D eigenvalue weighted by Crippen LogP contribution is -2.28. The molecular formula is C11H9Br2F3N2O. The Labute approximate surface area is 124 Å². The van der Waals surface area contributed by atoms with Crippen LogP contribution in [0.2, 0.25) is 0 Å². The Kier molecular flexibility index (Phi) is 4.20. The van der Waals surface area contributed by atoms with E-state index < -0.39 is 11.7 Å². The summed E-state index contributed by atoms with van der Waals surface area (Å²) >= 11 is 6.21. The molecule has 1 aliphatic rings. The number of pyridine rings is 1. The van der Waals surface area contributed by atoms with E-state index in [1.165, 1.54) is 6.20 Å². The van der Waals surface area contributed by atoms with Crippen molar-refractivity contribution in [1.29, 1.82) is 0 Å². The third-order valence-corrected chi connectivity index (χ3v) is 4.17. The first-order valence-corrected chi connectivity index (χ1v) is 7.33. The molecule has 0 spiro atoms. The van der Waals surface area contributed by atoms with Crippen LogP contribution in [0.3, 0.4) is 0 Å². The number of amides is 1. The second kappa shape index (κ2) is 5.40. The lowest BCUT2D eigenvalue weighted by atomic mass is 10.2. The van der Waals surface area contributed by atoms with Crippen LogP contribution in [0.25, 0.3) is 0 Å². The average molecular weight is 402 g/mol. The predicted molar refractivity (Wildman–Crippen MR) is 71.2 cm³/mol. The molecule has 1 aromatic heterocycles. The third-order valence-electron chi connectivity index (χ3n) is 2.82. The normalized spacial score (nSPS) is 20.2. The summed E-state index contributed by atoms with van der Waals surface area (Å²) in [6.45, 7) is 0.252. The lowest BCUT2D eigenvalue weighted by Gasteiger charge is -2.20. The number of aromatic nitrogens is 1. The fraction of sp³-hybridized carbons (Fsp3) is 0.455. The van der Waals surface area contributed by atoms with Gasteiger partial charge in [-0.25, -0.2) is 4.98 Å². The SMILES string of the molecule is O=C1CC(CBr)CN1c1ncc(Br)cc1C(F)(F)F. The summed E-state index contributed by atoms with van der Waals surface area (Å²) in [5.74, 6) is -0.632. The highest BCUT2D eigenvalue weighted by atomic mass is 79.9. The maximum absolute atomic E-state index is 13.0. The van der Waals surface area contributed by atoms with Crippen molar-refractivity contribution in [2.24, 2.45) is 5.92 Å². The van der Waals surface area contributed by atoms with Crippen LogP contribution in [0.15, 0.2) is 16.7 Å². The minimum absolute atomic E-state index is 0.0130. The van der Waals surface area contributed by atoms with E-state index in [-0.39, 0.29) is 35.1 Å². The number of nitrogens with zero attached hydrogens (tertiary/aromatic N) is 2. The van der Waals surface area contributed by atoms with Crippen LogP contribution in [0.4, 0.5) is 19.0 Å². The van der Waals surface area contributed by atoms with Crippen molar-refractivity contribution in [3.8, 4) is 0 Å². The van der Waals surface area contributed by atoms with E-state index in [0.717, 1.165) is 11.0 Å². The Morgan fingerprint density at radius 2 is 2.16 bits per heavy atom. The van der Waals surface area contributed by atoms with E-state index in [0.29, 0.717) is 5.33 Å². The summed E-state index contributed by atoms with van der Waals surface area (Å²) in [5.41, 5.74) is -0.898. The summed E-state index contributed by atoms with van der Waals surface area (Å²) in [4.78, 5) is 16.7. The number of carbonyl (C=O) groups excluding carboxylic acids is 1. The minimum Gasteiger partial charge on any atom is -0.296 e. The zero-order valence-corrected chi connectivity index (χ0v) is 12.7. The molecule has 0 aromatic carbocycles. The van der Waals surface area contributed by atoms with E-state index in [4.69, 9.17) is 0 Å². The molecule has 0 saturated carbocycles. The highest BCUT2D eigenvalue weighted by Crippen LogP contribution is 2.38. The number of halogens is 5. The van der Waals surface area contributed by atoms with Gasteiger partial charge in [-0.15, -0.1) is 0 Å². The Bertz CT molecular complexity index is 507. The predicted octanol–water partition coefficient (Wildman–Crippen LogP) is 3.61. The summed E-state index contributed by atoms with van der Waals surface area (Å²) in [7, 11) is 0. The highest BCUT2D eigenvalue weighted by molar-refractivity contribution is 9.10. The van der Waals surface area contributed by atoms with Gasteiger partial charge >= 0.3 is 6.18 Å². The molecule has 1 amide bonds. The number of anilines is 1. The molecule has 1 aromatic rings. The lowest BCUT2D eigenvalue weighted by molar-refractivity contribution is -0.137. The monoisotopic (exact) mass is 400 g/mol. The fourth-order valence-electron chi connectivity index (χ4n) is 1.95. The highest BCUT2D eigenvalue weighted by Gasteiger charge is 2.40. The molecule has 0 radical (unpaired) electrons. The second-order valence-electron chi connectivity index (χ2n) is 4.25. The van der Waals surface area contributed by atoms with Gasteiger partial charge in [-0.2, -0.15) is 13.2 Å². The van der Waals surface area contributed by atoms with Gasteiger partial charge in [0.25, 0.3) is 0 Å². The largest absolute Gasteiger partial charge is 0.420 e. The van der Waals surface area contributed by atoms with Gasteiger partial charge < -0.3 is 0 Å². The van der Waals surface area contributed by atoms with Crippen LogP contribution in [-0.4, -0.2) is 22.8 Å². The van der Waals surface area contributed by atoms with E-state index in [1.807, 2.05) is 0 Å². The van der Waals surface area contributed by atoms with Crippen LogP contribution >= 0.6 is 31.9 Å². The third kappa shape index (κ3) is 3.10. The summed E-state index contributed by atoms with van der Waals surface area (Å²) in [6, 6.07) is 0.942. The van der Waals surface area contributed by atoms with E-state index >= 15 is 0 Å². The Balaban J connectivity index is 2.43. The zero-order valence-electron chi connectivity index (χ0n) is 9.55. The van der Waals surface area contributed by atoms with Gasteiger partial charge in [0.15, 0.2) is 0 Å². The molecule has 3 nitrogen and oxygen atoms in total. The molecule has 19 heavy (non-hydrogen) atoms. The van der Waals surface area contributed by atoms with Gasteiger partial charge in [-0.3, -0.25) is 9.69 Å². The van der Waals surface area contributed by atoms with Crippen molar-refractivity contribution < 1.29 is 18.0 Å². The summed E-state index contributed by atoms with van der Waals surface area (Å²) in [5, 5.41) is 0.577. The van der Waals surface area contributed by atoms with E-state index in [1.54, 1.807) is 0 Å². The quantitative estimate of drug-likeness (QED) is 0.709. The average Bonchev–Trinajstić information content (AvgIpc) is 2.69. The van der Waals surface area contributed by atoms with Gasteiger partial charge in [-0.05, 0) is 27.9 Å². The van der Waals surface area contributed by atoms with E-state index in [2.05, 4.69) is 36.8 Å². The molecular weight excluding hydrogens is 393 g/mol. The topological polar surface area (TPSA) is 33.2 Å². The molecule has 1 fully saturated rings. The first kappa shape index (κ1) is 14.8. The minimum atomic E-state index is -4.54. The van der Waals surface area contributed by atoms with Crippen molar-refractivity contribution in [3.63, 3.8) is 0 Å². The first-order chi connectivity index (χ1) is 8.82. The van der Waals surface area contributed by atoms with Crippen LogP contribution in [-0.2, 0) is 11.0 Å². The smallest absolute Gasteiger partial charge is 0.296 e. The molecule has 2 heterocycles. The van der Waals surface area contributed by atoms with Crippen molar-refractivity contribution in [3.05, 3.63) is 22.3 Å². The van der Waals surface area contributed by atoms with Gasteiger partial charge in [0.2, 0.25) is 5.91 Å². The molecule has 1 unspecified atom stereocenters. The summed E-state index contributed by atoms with van der Waals surface area (Å²) < 4.78 is 39.2. The molecule has 2 rings (SSSR count). The summed E-state index contributed by atoms with van der Waals surface area (Å²) in [6.07, 6.45) is -3.04. The standard InChI is InChI=1S/C11H9Br2F3N2O/c12-3-6-1-9(19)18(5-6)10-8(11(14,15)16)2-7(13)4-17-10/h2,4,6H,1,3,5H2. The van der Waals surface area contributed by atoms with Gasteiger partial charge in [0.05, 0.1) is 5.56 Å². The van der Waals surface area contributed by atoms with Crippen LogP contribution in [0, 0.1) is 5.92 Å². The van der Waals surface area contributed by atoms with Crippen LogP contribution in [0.1, 0.15) is 12.0 Å². The molecule has 1 saturated heterocycles. The second-order valence-corrected chi connectivity index (χ2v) is 5.81. The number of alkyl halides is 4. The molecule has 104 valence electrons. The Hall–Kier alpha value is -0.630. The van der Waals surface area contributed by atoms with Crippen LogP contribution < -0.4 is 4.90 Å². The maximum Gasteiger partial charge on any atom is 0.420 e. The Morgan fingerprint density at radius 3 is 2.68 bits per heavy atom. The first-order valence-electron chi connectivity index (χ1n) is 5.42. The number of hydrogen-bond donors (Lipinski definition) is 0. The van der Waals surface area contributed by atoms with Crippen molar-refractivity contribution in [2.75, 3.05) is 16.8 Å². The molecule has 0 N–H and O–H groups in total. The molecule has 0 bridgehead atoms.